The van der Waals surface area contributed by atoms with Crippen LogP contribution in [-0.4, -0.2) is 37.4 Å². The molecule has 0 aliphatic rings. The van der Waals surface area contributed by atoms with Crippen molar-refractivity contribution in [3.05, 3.63) is 77.1 Å². The van der Waals surface area contributed by atoms with Gasteiger partial charge in [0.15, 0.2) is 5.16 Å². The van der Waals surface area contributed by atoms with Gasteiger partial charge in [0.25, 0.3) is 0 Å². The number of methoxy groups -OCH3 is 1. The molecule has 2 heterocycles. The highest BCUT2D eigenvalue weighted by Gasteiger charge is 2.22. The fraction of sp³-hybridized carbons (Fsp3) is 0.182. The van der Waals surface area contributed by atoms with Gasteiger partial charge in [0.2, 0.25) is 11.6 Å². The zero-order chi connectivity index (χ0) is 22.7. The topological polar surface area (TPSA) is 90.5 Å². The van der Waals surface area contributed by atoms with E-state index in [-0.39, 0.29) is 22.9 Å². The summed E-state index contributed by atoms with van der Waals surface area (Å²) in [5.41, 5.74) is 0.942. The molecule has 2 aromatic heterocycles. The smallest absolute Gasteiger partial charge is 0.300 e. The Hall–Kier alpha value is -3.66. The van der Waals surface area contributed by atoms with Crippen LogP contribution >= 0.6 is 11.8 Å². The van der Waals surface area contributed by atoms with Crippen LogP contribution in [0.15, 0.2) is 70.9 Å². The molecule has 10 heteroatoms. The van der Waals surface area contributed by atoms with E-state index in [4.69, 9.17) is 4.74 Å². The Balaban J connectivity index is 1.59. The number of amides is 1. The number of rotatable bonds is 7. The minimum absolute atomic E-state index is 0.145. The summed E-state index contributed by atoms with van der Waals surface area (Å²) in [6.07, 6.45) is 3.83. The lowest BCUT2D eigenvalue weighted by atomic mass is 10.2. The molecule has 2 aromatic carbocycles. The minimum Gasteiger partial charge on any atom is -0.497 e. The Labute approximate surface area is 187 Å². The summed E-state index contributed by atoms with van der Waals surface area (Å²) in [4.78, 5) is 25.7. The van der Waals surface area contributed by atoms with Gasteiger partial charge in [0, 0.05) is 24.1 Å². The molecule has 0 unspecified atom stereocenters. The molecule has 8 nitrogen and oxygen atoms in total. The maximum atomic E-state index is 13.1. The molecule has 1 N–H and O–H groups in total. The van der Waals surface area contributed by atoms with Crippen molar-refractivity contribution in [1.29, 1.82) is 0 Å². The van der Waals surface area contributed by atoms with Gasteiger partial charge < -0.3 is 10.1 Å². The van der Waals surface area contributed by atoms with Crippen LogP contribution in [-0.2, 0) is 4.79 Å². The van der Waals surface area contributed by atoms with Crippen molar-refractivity contribution in [3.63, 3.8) is 0 Å². The Morgan fingerprint density at radius 1 is 1.19 bits per heavy atom. The Bertz CT molecular complexity index is 1320. The summed E-state index contributed by atoms with van der Waals surface area (Å²) in [7, 11) is 1.56. The summed E-state index contributed by atoms with van der Waals surface area (Å²) in [6, 6.07) is 12.7. The van der Waals surface area contributed by atoms with E-state index in [1.165, 1.54) is 40.6 Å². The molecule has 0 saturated heterocycles. The second-order valence-electron chi connectivity index (χ2n) is 6.86. The number of aromatic nitrogens is 4. The van der Waals surface area contributed by atoms with E-state index in [1.54, 1.807) is 48.2 Å². The van der Waals surface area contributed by atoms with Crippen molar-refractivity contribution in [1.82, 2.24) is 19.2 Å². The van der Waals surface area contributed by atoms with E-state index in [0.29, 0.717) is 28.7 Å². The molecule has 0 fully saturated rings. The number of thioether (sulfide) groups is 1. The second kappa shape index (κ2) is 9.23. The predicted octanol–water partition coefficient (Wildman–Crippen LogP) is 3.54. The zero-order valence-electron chi connectivity index (χ0n) is 17.4. The van der Waals surface area contributed by atoms with Crippen LogP contribution in [0.1, 0.15) is 13.3 Å². The lowest BCUT2D eigenvalue weighted by molar-refractivity contribution is -0.115. The average molecular weight is 453 g/mol. The minimum atomic E-state index is -0.478. The van der Waals surface area contributed by atoms with Gasteiger partial charge in [-0.1, -0.05) is 24.8 Å². The second-order valence-corrected chi connectivity index (χ2v) is 8.03. The van der Waals surface area contributed by atoms with Crippen LogP contribution < -0.4 is 15.6 Å². The number of halogens is 1. The molecular formula is C22H20FN5O3S. The summed E-state index contributed by atoms with van der Waals surface area (Å²) in [5, 5.41) is 10.9. The molecule has 4 rings (SSSR count). The molecule has 4 aromatic rings. The number of nitrogens with zero attached hydrogens (tertiary/aromatic N) is 4. The first-order chi connectivity index (χ1) is 15.5. The van der Waals surface area contributed by atoms with E-state index in [2.05, 4.69) is 15.5 Å². The van der Waals surface area contributed by atoms with Gasteiger partial charge in [-0.05, 0) is 42.8 Å². The average Bonchev–Trinajstić information content (AvgIpc) is 3.22. The summed E-state index contributed by atoms with van der Waals surface area (Å²) < 4.78 is 21.3. The fourth-order valence-corrected chi connectivity index (χ4v) is 4.05. The Morgan fingerprint density at radius 3 is 2.69 bits per heavy atom. The molecule has 0 saturated carbocycles. The largest absolute Gasteiger partial charge is 0.497 e. The van der Waals surface area contributed by atoms with Gasteiger partial charge in [-0.2, -0.15) is 0 Å². The number of hydrogen-bond donors (Lipinski definition) is 1. The molecular weight excluding hydrogens is 433 g/mol. The van der Waals surface area contributed by atoms with Crippen molar-refractivity contribution in [2.24, 2.45) is 0 Å². The number of carbonyl (C=O) groups is 1. The van der Waals surface area contributed by atoms with E-state index < -0.39 is 5.25 Å². The first-order valence-corrected chi connectivity index (χ1v) is 10.7. The van der Waals surface area contributed by atoms with Crippen molar-refractivity contribution in [2.45, 2.75) is 23.8 Å². The third-order valence-corrected chi connectivity index (χ3v) is 6.11. The summed E-state index contributed by atoms with van der Waals surface area (Å²) in [5.74, 6) is 0.00877. The summed E-state index contributed by atoms with van der Waals surface area (Å²) in [6.45, 7) is 1.88. The van der Waals surface area contributed by atoms with Gasteiger partial charge in [0.1, 0.15) is 11.6 Å². The third-order valence-electron chi connectivity index (χ3n) is 4.79. The van der Waals surface area contributed by atoms with E-state index in [9.17, 15) is 14.0 Å². The number of benzene rings is 2. The first-order valence-electron chi connectivity index (χ1n) is 9.84. The van der Waals surface area contributed by atoms with E-state index in [1.807, 2.05) is 6.92 Å². The molecule has 0 spiro atoms. The molecule has 0 radical (unpaired) electrons. The summed E-state index contributed by atoms with van der Waals surface area (Å²) >= 11 is 1.21. The third kappa shape index (κ3) is 4.35. The van der Waals surface area contributed by atoms with E-state index in [0.717, 1.165) is 0 Å². The molecule has 0 bridgehead atoms. The quantitative estimate of drug-likeness (QED) is 0.431. The van der Waals surface area contributed by atoms with Crippen molar-refractivity contribution < 1.29 is 13.9 Å². The number of nitrogens with one attached hydrogen (secondary N) is 1. The normalized spacial score (nSPS) is 12.0. The maximum absolute atomic E-state index is 13.1. The van der Waals surface area contributed by atoms with Gasteiger partial charge in [-0.3, -0.25) is 18.6 Å². The zero-order valence-corrected chi connectivity index (χ0v) is 18.2. The number of fused-ring (bicyclic) bond motifs is 1. The van der Waals surface area contributed by atoms with Crippen molar-refractivity contribution in [2.75, 3.05) is 12.4 Å². The highest BCUT2D eigenvalue weighted by atomic mass is 32.2. The molecule has 0 aliphatic heterocycles. The molecule has 164 valence electrons. The lowest BCUT2D eigenvalue weighted by Crippen LogP contribution is -2.25. The molecule has 1 amide bonds. The van der Waals surface area contributed by atoms with Crippen LogP contribution in [0.2, 0.25) is 0 Å². The number of anilines is 1. The monoisotopic (exact) mass is 453 g/mol. The van der Waals surface area contributed by atoms with Crippen LogP contribution in [0.4, 0.5) is 10.1 Å². The maximum Gasteiger partial charge on any atom is 0.300 e. The van der Waals surface area contributed by atoms with Crippen LogP contribution in [0.25, 0.3) is 11.3 Å². The van der Waals surface area contributed by atoms with Gasteiger partial charge in [-0.25, -0.2) is 4.39 Å². The van der Waals surface area contributed by atoms with Gasteiger partial charge in [0.05, 0.1) is 18.0 Å². The van der Waals surface area contributed by atoms with Crippen LogP contribution in [0.3, 0.4) is 0 Å². The SMILES string of the molecule is CC[C@@H](Sc1nnc2c(=O)n(-c3cccc(OC)c3)ccn12)C(=O)Nc1ccc(F)cc1. The molecule has 0 aliphatic carbocycles. The highest BCUT2D eigenvalue weighted by Crippen LogP contribution is 2.25. The Morgan fingerprint density at radius 2 is 1.97 bits per heavy atom. The molecule has 32 heavy (non-hydrogen) atoms. The number of hydrogen-bond acceptors (Lipinski definition) is 6. The molecule has 1 atom stereocenters. The standard InChI is InChI=1S/C22H20FN5O3S/c1-3-18(20(29)24-15-9-7-14(23)8-10-15)32-22-26-25-19-21(30)27(11-12-28(19)22)16-5-4-6-17(13-16)31-2/h4-13,18H,3H2,1-2H3,(H,24,29)/t18-/m1/s1. The van der Waals surface area contributed by atoms with Crippen LogP contribution in [0.5, 0.6) is 5.75 Å². The van der Waals surface area contributed by atoms with Crippen LogP contribution in [0, 0.1) is 5.82 Å². The van der Waals surface area contributed by atoms with Gasteiger partial charge >= 0.3 is 5.56 Å². The van der Waals surface area contributed by atoms with Crippen molar-refractivity contribution in [3.8, 4) is 11.4 Å². The lowest BCUT2D eigenvalue weighted by Gasteiger charge is -2.14. The Kier molecular flexibility index (Phi) is 6.22. The van der Waals surface area contributed by atoms with E-state index >= 15 is 0 Å². The number of ether oxygens (including phenoxy) is 1. The van der Waals surface area contributed by atoms with Crippen molar-refractivity contribution >= 4 is 29.0 Å². The fourth-order valence-electron chi connectivity index (χ4n) is 3.12. The number of carbonyl (C=O) groups excluding carboxylic acids is 1. The highest BCUT2D eigenvalue weighted by molar-refractivity contribution is 8.00. The van der Waals surface area contributed by atoms with Gasteiger partial charge in [-0.15, -0.1) is 10.2 Å². The first kappa shape index (κ1) is 21.6. The predicted molar refractivity (Wildman–Crippen MR) is 120 cm³/mol.